The maximum atomic E-state index is 12.5. The van der Waals surface area contributed by atoms with Gasteiger partial charge in [0.15, 0.2) is 0 Å². The lowest BCUT2D eigenvalue weighted by Gasteiger charge is -2.35. The van der Waals surface area contributed by atoms with Gasteiger partial charge in [-0.25, -0.2) is 0 Å². The largest absolute Gasteiger partial charge is 0.337 e. The quantitative estimate of drug-likeness (QED) is 0.809. The van der Waals surface area contributed by atoms with Gasteiger partial charge < -0.3 is 9.80 Å². The molecule has 1 saturated heterocycles. The molecule has 0 spiro atoms. The molecule has 1 aromatic carbocycles. The van der Waals surface area contributed by atoms with Gasteiger partial charge in [0.2, 0.25) is 5.91 Å². The fourth-order valence-corrected chi connectivity index (χ4v) is 3.44. The number of fused-ring (bicyclic) bond motifs is 1. The average Bonchev–Trinajstić information content (AvgIpc) is 2.49. The monoisotopic (exact) mass is 351 g/mol. The van der Waals surface area contributed by atoms with E-state index in [1.807, 2.05) is 4.90 Å². The van der Waals surface area contributed by atoms with Gasteiger partial charge in [0.1, 0.15) is 0 Å². The first-order valence-electron chi connectivity index (χ1n) is 7.58. The van der Waals surface area contributed by atoms with Crippen LogP contribution < -0.4 is 0 Å². The second kappa shape index (κ2) is 6.46. The van der Waals surface area contributed by atoms with Crippen molar-refractivity contribution in [1.82, 2.24) is 14.7 Å². The molecular formula is C16H22BrN3O. The predicted octanol–water partition coefficient (Wildman–Crippen LogP) is 1.58. The molecule has 4 nitrogen and oxygen atoms in total. The van der Waals surface area contributed by atoms with Gasteiger partial charge in [-0.2, -0.15) is 0 Å². The zero-order valence-electron chi connectivity index (χ0n) is 12.5. The Morgan fingerprint density at radius 1 is 1.14 bits per heavy atom. The molecule has 1 aromatic rings. The predicted molar refractivity (Wildman–Crippen MR) is 87.2 cm³/mol. The van der Waals surface area contributed by atoms with Crippen molar-refractivity contribution in [1.29, 1.82) is 0 Å². The van der Waals surface area contributed by atoms with E-state index in [0.717, 1.165) is 50.2 Å². The molecule has 0 atom stereocenters. The molecule has 0 radical (unpaired) electrons. The van der Waals surface area contributed by atoms with Crippen LogP contribution in [0.5, 0.6) is 0 Å². The van der Waals surface area contributed by atoms with Crippen molar-refractivity contribution < 1.29 is 4.79 Å². The van der Waals surface area contributed by atoms with Gasteiger partial charge in [-0.15, -0.1) is 0 Å². The van der Waals surface area contributed by atoms with E-state index in [2.05, 4.69) is 51.0 Å². The van der Waals surface area contributed by atoms with Crippen molar-refractivity contribution in [3.8, 4) is 0 Å². The van der Waals surface area contributed by atoms with Crippen LogP contribution in [0.25, 0.3) is 0 Å². The third-order valence-electron chi connectivity index (χ3n) is 4.49. The summed E-state index contributed by atoms with van der Waals surface area (Å²) in [7, 11) is 2.14. The third kappa shape index (κ3) is 3.65. The highest BCUT2D eigenvalue weighted by Crippen LogP contribution is 2.23. The van der Waals surface area contributed by atoms with Crippen LogP contribution in [0.1, 0.15) is 11.1 Å². The van der Waals surface area contributed by atoms with Crippen LogP contribution >= 0.6 is 15.9 Å². The summed E-state index contributed by atoms with van der Waals surface area (Å²) in [4.78, 5) is 19.1. The van der Waals surface area contributed by atoms with Crippen LogP contribution in [0.3, 0.4) is 0 Å². The first-order chi connectivity index (χ1) is 10.1. The van der Waals surface area contributed by atoms with Gasteiger partial charge in [-0.05, 0) is 36.7 Å². The molecule has 5 heteroatoms. The zero-order chi connectivity index (χ0) is 14.8. The molecule has 114 valence electrons. The van der Waals surface area contributed by atoms with Gasteiger partial charge in [0, 0.05) is 43.7 Å². The number of carbonyl (C=O) groups excluding carboxylic acids is 1. The van der Waals surface area contributed by atoms with Crippen molar-refractivity contribution >= 4 is 21.8 Å². The smallest absolute Gasteiger partial charge is 0.237 e. The van der Waals surface area contributed by atoms with E-state index in [9.17, 15) is 4.79 Å². The van der Waals surface area contributed by atoms with Crippen molar-refractivity contribution in [2.75, 3.05) is 46.3 Å². The highest BCUT2D eigenvalue weighted by molar-refractivity contribution is 9.10. The highest BCUT2D eigenvalue weighted by Gasteiger charge is 2.23. The van der Waals surface area contributed by atoms with E-state index in [1.165, 1.54) is 11.1 Å². The molecule has 0 unspecified atom stereocenters. The maximum absolute atomic E-state index is 12.5. The summed E-state index contributed by atoms with van der Waals surface area (Å²) in [6.45, 7) is 6.29. The minimum Gasteiger partial charge on any atom is -0.337 e. The van der Waals surface area contributed by atoms with Crippen molar-refractivity contribution in [3.63, 3.8) is 0 Å². The van der Waals surface area contributed by atoms with Crippen LogP contribution in [0.2, 0.25) is 0 Å². The van der Waals surface area contributed by atoms with Gasteiger partial charge in [-0.3, -0.25) is 9.69 Å². The summed E-state index contributed by atoms with van der Waals surface area (Å²) in [6.07, 6.45) is 0.962. The summed E-state index contributed by atoms with van der Waals surface area (Å²) < 4.78 is 1.12. The van der Waals surface area contributed by atoms with E-state index in [1.54, 1.807) is 0 Å². The fourth-order valence-electron chi connectivity index (χ4n) is 3.03. The number of piperazine rings is 1. The Kier molecular flexibility index (Phi) is 4.62. The van der Waals surface area contributed by atoms with Crippen LogP contribution in [0, 0.1) is 0 Å². The maximum Gasteiger partial charge on any atom is 0.237 e. The lowest BCUT2D eigenvalue weighted by molar-refractivity contribution is -0.133. The van der Waals surface area contributed by atoms with E-state index < -0.39 is 0 Å². The summed E-state index contributed by atoms with van der Waals surface area (Å²) in [5, 5.41) is 0. The number of amides is 1. The number of nitrogens with zero attached hydrogens (tertiary/aromatic N) is 3. The molecule has 0 N–H and O–H groups in total. The molecule has 2 aliphatic heterocycles. The molecule has 0 aliphatic carbocycles. The summed E-state index contributed by atoms with van der Waals surface area (Å²) in [6, 6.07) is 6.37. The molecule has 0 aromatic heterocycles. The number of likely N-dealkylation sites (N-methyl/N-ethyl adjacent to an activating group) is 1. The second-order valence-electron chi connectivity index (χ2n) is 6.06. The minimum atomic E-state index is 0.271. The van der Waals surface area contributed by atoms with Crippen molar-refractivity contribution in [2.24, 2.45) is 0 Å². The topological polar surface area (TPSA) is 26.8 Å². The van der Waals surface area contributed by atoms with Crippen LogP contribution in [0.4, 0.5) is 0 Å². The zero-order valence-corrected chi connectivity index (χ0v) is 14.1. The number of halogens is 1. The Morgan fingerprint density at radius 2 is 1.90 bits per heavy atom. The normalized spacial score (nSPS) is 20.4. The SMILES string of the molecule is CN1CCN(CC(=O)N2CCc3cc(Br)ccc3C2)CC1. The van der Waals surface area contributed by atoms with Crippen LogP contribution in [-0.2, 0) is 17.8 Å². The van der Waals surface area contributed by atoms with Gasteiger partial charge in [0.05, 0.1) is 6.54 Å². The second-order valence-corrected chi connectivity index (χ2v) is 6.97. The Balaban J connectivity index is 1.58. The third-order valence-corrected chi connectivity index (χ3v) is 4.98. The van der Waals surface area contributed by atoms with Crippen LogP contribution in [-0.4, -0.2) is 66.9 Å². The summed E-state index contributed by atoms with van der Waals surface area (Å²) in [5.74, 6) is 0.271. The van der Waals surface area contributed by atoms with Crippen LogP contribution in [0.15, 0.2) is 22.7 Å². The van der Waals surface area contributed by atoms with Crippen molar-refractivity contribution in [3.05, 3.63) is 33.8 Å². The number of carbonyl (C=O) groups is 1. The Hall–Kier alpha value is -0.910. The summed E-state index contributed by atoms with van der Waals surface area (Å²) >= 11 is 3.51. The Bertz CT molecular complexity index is 526. The first-order valence-corrected chi connectivity index (χ1v) is 8.37. The molecule has 1 fully saturated rings. The Morgan fingerprint density at radius 3 is 2.67 bits per heavy atom. The molecule has 0 bridgehead atoms. The Labute approximate surface area is 134 Å². The molecule has 1 amide bonds. The molecule has 2 heterocycles. The number of rotatable bonds is 2. The molecular weight excluding hydrogens is 330 g/mol. The highest BCUT2D eigenvalue weighted by atomic mass is 79.9. The van der Waals surface area contributed by atoms with E-state index in [-0.39, 0.29) is 5.91 Å². The van der Waals surface area contributed by atoms with Gasteiger partial charge in [0.25, 0.3) is 0 Å². The lowest BCUT2D eigenvalue weighted by atomic mass is 10.00. The molecule has 2 aliphatic rings. The van der Waals surface area contributed by atoms with Gasteiger partial charge >= 0.3 is 0 Å². The first kappa shape index (κ1) is 15.0. The number of hydrogen-bond donors (Lipinski definition) is 0. The standard InChI is InChI=1S/C16H22BrN3O/c1-18-6-8-19(9-7-18)12-16(21)20-5-4-13-10-15(17)3-2-14(13)11-20/h2-3,10H,4-9,11-12H2,1H3. The van der Waals surface area contributed by atoms with Gasteiger partial charge in [-0.1, -0.05) is 22.0 Å². The number of hydrogen-bond acceptors (Lipinski definition) is 3. The average molecular weight is 352 g/mol. The fraction of sp³-hybridized carbons (Fsp3) is 0.562. The van der Waals surface area contributed by atoms with E-state index >= 15 is 0 Å². The molecule has 3 rings (SSSR count). The summed E-state index contributed by atoms with van der Waals surface area (Å²) in [5.41, 5.74) is 2.66. The molecule has 21 heavy (non-hydrogen) atoms. The van der Waals surface area contributed by atoms with E-state index in [0.29, 0.717) is 6.54 Å². The number of benzene rings is 1. The van der Waals surface area contributed by atoms with Crippen molar-refractivity contribution in [2.45, 2.75) is 13.0 Å². The minimum absolute atomic E-state index is 0.271. The lowest BCUT2D eigenvalue weighted by Crippen LogP contribution is -2.49. The molecule has 0 saturated carbocycles. The van der Waals surface area contributed by atoms with E-state index in [4.69, 9.17) is 0 Å².